The lowest BCUT2D eigenvalue weighted by molar-refractivity contribution is -0.00404. The van der Waals surface area contributed by atoms with Gasteiger partial charge in [-0.05, 0) is 60.5 Å². The van der Waals surface area contributed by atoms with Crippen LogP contribution in [0.15, 0.2) is 11.0 Å². The predicted octanol–water partition coefficient (Wildman–Crippen LogP) is 5.24. The van der Waals surface area contributed by atoms with Crippen LogP contribution in [0.1, 0.15) is 79.8 Å². The maximum atomic E-state index is 11.8. The standard InChI is InChI=1S/C12H16N4O2.C8H20NOP.C2H6/c1-3-8-4-5-10(18-8)16-11-9(6-13-16)12(17)15-7(2)14-11;1-7(2)9(8(3)4)11(6)10-5;1-2/h6,8,10H,3-5H2,1-2H3,(H,14,15,17);7-8H,1-6H3;1-2H3/t8-,10-;;/m1../s1. The third-order valence-corrected chi connectivity index (χ3v) is 7.15. The van der Waals surface area contributed by atoms with Gasteiger partial charge in [0.25, 0.3) is 5.56 Å². The first-order chi connectivity index (χ1) is 14.7. The molecule has 0 aliphatic carbocycles. The minimum Gasteiger partial charge on any atom is -0.353 e. The smallest absolute Gasteiger partial charge is 0.262 e. The van der Waals surface area contributed by atoms with E-state index in [1.165, 1.54) is 0 Å². The van der Waals surface area contributed by atoms with Crippen molar-refractivity contribution in [3.05, 3.63) is 22.4 Å². The number of H-pyrrole nitrogens is 1. The molecular weight excluding hydrogens is 413 g/mol. The highest BCUT2D eigenvalue weighted by Crippen LogP contribution is 2.39. The number of hydrogen-bond donors (Lipinski definition) is 1. The normalized spacial score (nSPS) is 19.4. The van der Waals surface area contributed by atoms with Crippen LogP contribution in [0.25, 0.3) is 11.0 Å². The highest BCUT2D eigenvalue weighted by Gasteiger charge is 2.27. The van der Waals surface area contributed by atoms with Crippen molar-refractivity contribution >= 4 is 19.3 Å². The number of nitrogens with zero attached hydrogens (tertiary/aromatic N) is 4. The topological polar surface area (TPSA) is 85.3 Å². The molecular formula is C22H42N5O3P. The monoisotopic (exact) mass is 455 g/mol. The summed E-state index contributed by atoms with van der Waals surface area (Å²) in [5, 5.41) is 4.77. The van der Waals surface area contributed by atoms with Gasteiger partial charge < -0.3 is 14.2 Å². The summed E-state index contributed by atoms with van der Waals surface area (Å²) in [5.74, 6) is 0.597. The quantitative estimate of drug-likeness (QED) is 0.600. The number of aryl methyl sites for hydroxylation is 1. The SMILES string of the molecule is CC.CC[C@@H]1CC[C@H](n2ncc3c(=O)[nH]c(C)nc32)O1.COP(C)N(C(C)C)C(C)C. The molecule has 0 bridgehead atoms. The Kier molecular flexibility index (Phi) is 11.8. The minimum absolute atomic E-state index is 0.0962. The molecule has 1 aliphatic heterocycles. The second-order valence-electron chi connectivity index (χ2n) is 7.89. The lowest BCUT2D eigenvalue weighted by Crippen LogP contribution is -2.32. The van der Waals surface area contributed by atoms with Gasteiger partial charge in [-0.3, -0.25) is 9.46 Å². The van der Waals surface area contributed by atoms with Crippen molar-refractivity contribution in [2.45, 2.75) is 99.1 Å². The third-order valence-electron chi connectivity index (χ3n) is 5.04. The molecule has 0 aromatic carbocycles. The van der Waals surface area contributed by atoms with Crippen molar-refractivity contribution in [3.63, 3.8) is 0 Å². The van der Waals surface area contributed by atoms with E-state index in [1.54, 1.807) is 24.9 Å². The molecule has 9 heteroatoms. The molecule has 178 valence electrons. The molecule has 1 saturated heterocycles. The van der Waals surface area contributed by atoms with E-state index in [2.05, 4.69) is 61.0 Å². The first-order valence-corrected chi connectivity index (χ1v) is 13.0. The van der Waals surface area contributed by atoms with Crippen molar-refractivity contribution in [2.24, 2.45) is 0 Å². The first-order valence-electron chi connectivity index (χ1n) is 11.3. The molecule has 0 radical (unpaired) electrons. The zero-order valence-corrected chi connectivity index (χ0v) is 21.9. The summed E-state index contributed by atoms with van der Waals surface area (Å²) in [6.07, 6.45) is 4.71. The number of aromatic nitrogens is 4. The maximum Gasteiger partial charge on any atom is 0.262 e. The number of hydrogen-bond acceptors (Lipinski definition) is 6. The molecule has 0 saturated carbocycles. The van der Waals surface area contributed by atoms with Crippen molar-refractivity contribution in [3.8, 4) is 0 Å². The van der Waals surface area contributed by atoms with Crippen LogP contribution in [-0.2, 0) is 9.26 Å². The molecule has 1 aliphatic rings. The summed E-state index contributed by atoms with van der Waals surface area (Å²) >= 11 is 0. The van der Waals surface area contributed by atoms with E-state index >= 15 is 0 Å². The van der Waals surface area contributed by atoms with Gasteiger partial charge in [-0.1, -0.05) is 20.8 Å². The minimum atomic E-state index is -0.387. The van der Waals surface area contributed by atoms with Crippen LogP contribution in [-0.4, -0.2) is 56.4 Å². The van der Waals surface area contributed by atoms with Gasteiger partial charge in [-0.15, -0.1) is 0 Å². The average molecular weight is 456 g/mol. The highest BCUT2D eigenvalue weighted by atomic mass is 31.2. The fourth-order valence-electron chi connectivity index (χ4n) is 3.76. The summed E-state index contributed by atoms with van der Waals surface area (Å²) in [6.45, 7) is 18.9. The second kappa shape index (κ2) is 13.3. The molecule has 3 atom stereocenters. The largest absolute Gasteiger partial charge is 0.353 e. The molecule has 3 rings (SSSR count). The fourth-order valence-corrected chi connectivity index (χ4v) is 5.25. The van der Waals surface area contributed by atoms with Crippen molar-refractivity contribution in [1.29, 1.82) is 0 Å². The molecule has 1 N–H and O–H groups in total. The Morgan fingerprint density at radius 1 is 1.29 bits per heavy atom. The van der Waals surface area contributed by atoms with Gasteiger partial charge in [0.2, 0.25) is 0 Å². The van der Waals surface area contributed by atoms with Crippen LogP contribution in [0.3, 0.4) is 0 Å². The lowest BCUT2D eigenvalue weighted by atomic mass is 10.2. The zero-order chi connectivity index (χ0) is 23.7. The van der Waals surface area contributed by atoms with E-state index in [4.69, 9.17) is 9.26 Å². The Morgan fingerprint density at radius 3 is 2.35 bits per heavy atom. The number of rotatable bonds is 6. The van der Waals surface area contributed by atoms with Gasteiger partial charge in [0.1, 0.15) is 19.5 Å². The summed E-state index contributed by atoms with van der Waals surface area (Å²) in [6, 6.07) is 1.15. The first kappa shape index (κ1) is 27.7. The van der Waals surface area contributed by atoms with E-state index in [0.717, 1.165) is 19.3 Å². The number of aromatic amines is 1. The van der Waals surface area contributed by atoms with E-state index in [-0.39, 0.29) is 26.2 Å². The summed E-state index contributed by atoms with van der Waals surface area (Å²) < 4.78 is 15.3. The number of nitrogens with one attached hydrogen (secondary N) is 1. The number of fused-ring (bicyclic) bond motifs is 1. The number of ether oxygens (including phenoxy) is 1. The Morgan fingerprint density at radius 2 is 1.90 bits per heavy atom. The Balaban J connectivity index is 0.000000321. The lowest BCUT2D eigenvalue weighted by Gasteiger charge is -2.34. The zero-order valence-electron chi connectivity index (χ0n) is 21.0. The molecule has 0 spiro atoms. The van der Waals surface area contributed by atoms with Crippen molar-refractivity contribution in [2.75, 3.05) is 13.8 Å². The van der Waals surface area contributed by atoms with E-state index in [1.807, 2.05) is 13.8 Å². The Hall–Kier alpha value is -1.34. The van der Waals surface area contributed by atoms with Crippen molar-refractivity contribution < 1.29 is 9.26 Å². The van der Waals surface area contributed by atoms with E-state index in [9.17, 15) is 4.79 Å². The molecule has 0 amide bonds. The van der Waals surface area contributed by atoms with Gasteiger partial charge in [0.05, 0.1) is 12.3 Å². The Labute approximate surface area is 188 Å². The van der Waals surface area contributed by atoms with Gasteiger partial charge in [0, 0.05) is 19.2 Å². The van der Waals surface area contributed by atoms with Crippen LogP contribution in [0.2, 0.25) is 0 Å². The van der Waals surface area contributed by atoms with E-state index in [0.29, 0.717) is 28.9 Å². The fraction of sp³-hybridized carbons (Fsp3) is 0.773. The summed E-state index contributed by atoms with van der Waals surface area (Å²) in [4.78, 5) is 18.8. The molecule has 3 heterocycles. The van der Waals surface area contributed by atoms with Crippen molar-refractivity contribution in [1.82, 2.24) is 24.4 Å². The third kappa shape index (κ3) is 7.35. The van der Waals surface area contributed by atoms with Gasteiger partial charge in [-0.25, -0.2) is 9.67 Å². The molecule has 1 fully saturated rings. The highest BCUT2D eigenvalue weighted by molar-refractivity contribution is 7.49. The second-order valence-corrected chi connectivity index (χ2v) is 9.65. The molecule has 1 unspecified atom stereocenters. The van der Waals surface area contributed by atoms with Crippen LogP contribution < -0.4 is 5.56 Å². The Bertz CT molecular complexity index is 828. The van der Waals surface area contributed by atoms with Crippen LogP contribution >= 0.6 is 8.30 Å². The summed E-state index contributed by atoms with van der Waals surface area (Å²) in [5.41, 5.74) is 0.465. The van der Waals surface area contributed by atoms with Gasteiger partial charge in [0.15, 0.2) is 11.9 Å². The molecule has 2 aromatic heterocycles. The molecule has 8 nitrogen and oxygen atoms in total. The molecule has 31 heavy (non-hydrogen) atoms. The predicted molar refractivity (Wildman–Crippen MR) is 130 cm³/mol. The maximum absolute atomic E-state index is 11.8. The van der Waals surface area contributed by atoms with Gasteiger partial charge in [-0.2, -0.15) is 5.10 Å². The van der Waals surface area contributed by atoms with Gasteiger partial charge >= 0.3 is 0 Å². The van der Waals surface area contributed by atoms with Crippen LogP contribution in [0, 0.1) is 6.92 Å². The molecule has 2 aromatic rings. The van der Waals surface area contributed by atoms with Crippen LogP contribution in [0.4, 0.5) is 0 Å². The van der Waals surface area contributed by atoms with E-state index < -0.39 is 0 Å². The van der Waals surface area contributed by atoms with Crippen LogP contribution in [0.5, 0.6) is 0 Å². The summed E-state index contributed by atoms with van der Waals surface area (Å²) in [7, 11) is 1.39. The average Bonchev–Trinajstić information content (AvgIpc) is 3.36.